The minimum Gasteiger partial charge on any atom is -0.394 e. The van der Waals surface area contributed by atoms with Crippen LogP contribution in [0.25, 0.3) is 0 Å². The Morgan fingerprint density at radius 1 is 1.41 bits per heavy atom. The summed E-state index contributed by atoms with van der Waals surface area (Å²) < 4.78 is 88.5. The van der Waals surface area contributed by atoms with Crippen molar-refractivity contribution >= 4 is 17.5 Å². The third-order valence-electron chi connectivity index (χ3n) is 2.91. The van der Waals surface area contributed by atoms with E-state index in [1.54, 1.807) is 0 Å². The molecule has 1 rings (SSSR count). The van der Waals surface area contributed by atoms with E-state index in [2.05, 4.69) is 4.99 Å². The molecule has 1 fully saturated rings. The second-order valence-corrected chi connectivity index (χ2v) is 5.55. The van der Waals surface area contributed by atoms with Crippen LogP contribution in [0.3, 0.4) is 0 Å². The average molecular weight is 354 g/mol. The van der Waals surface area contributed by atoms with Gasteiger partial charge >= 0.3 is 6.18 Å². The van der Waals surface area contributed by atoms with Crippen molar-refractivity contribution in [1.29, 1.82) is 0 Å². The summed E-state index contributed by atoms with van der Waals surface area (Å²) in [6.45, 7) is -0.294. The van der Waals surface area contributed by atoms with Crippen molar-refractivity contribution in [2.24, 2.45) is 10.7 Å². The molecule has 0 amide bonds. The first-order valence-corrected chi connectivity index (χ1v) is 7.08. The van der Waals surface area contributed by atoms with Gasteiger partial charge in [-0.25, -0.2) is 8.78 Å². The van der Waals surface area contributed by atoms with Crippen molar-refractivity contribution < 1.29 is 35.8 Å². The second kappa shape index (κ2) is 7.07. The first-order valence-electron chi connectivity index (χ1n) is 6.03. The molecule has 0 aromatic heterocycles. The van der Waals surface area contributed by atoms with Gasteiger partial charge in [0, 0.05) is 30.0 Å². The number of hydrogen-bond donors (Lipinski definition) is 2. The quantitative estimate of drug-likeness (QED) is 0.603. The second-order valence-electron chi connectivity index (χ2n) is 4.45. The molecule has 1 aliphatic carbocycles. The predicted octanol–water partition coefficient (Wildman–Crippen LogP) is 2.95. The Balaban J connectivity index is 3.07. The normalized spacial score (nSPS) is 26.6. The molecule has 3 nitrogen and oxygen atoms in total. The number of aliphatic imine (C=N–C) groups is 1. The monoisotopic (exact) mass is 354 g/mol. The van der Waals surface area contributed by atoms with E-state index >= 15 is 0 Å². The number of nitrogens with two attached hydrogens (primary N) is 1. The lowest BCUT2D eigenvalue weighted by atomic mass is 9.85. The summed E-state index contributed by atoms with van der Waals surface area (Å²) in [7, 11) is 0. The summed E-state index contributed by atoms with van der Waals surface area (Å²) in [6, 6.07) is 0. The van der Waals surface area contributed by atoms with Gasteiger partial charge in [0.25, 0.3) is 11.7 Å². The zero-order chi connectivity index (χ0) is 17.1. The molecule has 0 unspecified atom stereocenters. The maximum absolute atomic E-state index is 13.4. The number of halogens is 7. The summed E-state index contributed by atoms with van der Waals surface area (Å²) in [5.74, 6) is -6.63. The predicted molar refractivity (Wildman–Crippen MR) is 68.2 cm³/mol. The van der Waals surface area contributed by atoms with Crippen LogP contribution in [0.2, 0.25) is 0 Å². The third-order valence-corrected chi connectivity index (χ3v) is 3.58. The average Bonchev–Trinajstić information content (AvgIpc) is 2.37. The first-order chi connectivity index (χ1) is 9.97. The molecular weight excluding hydrogens is 341 g/mol. The molecule has 0 radical (unpaired) electrons. The molecule has 128 valence electrons. The Morgan fingerprint density at radius 2 is 2.00 bits per heavy atom. The molecule has 0 bridgehead atoms. The fourth-order valence-corrected chi connectivity index (χ4v) is 2.24. The molecule has 1 saturated carbocycles. The van der Waals surface area contributed by atoms with Crippen LogP contribution in [0.4, 0.5) is 30.7 Å². The molecule has 0 saturated heterocycles. The van der Waals surface area contributed by atoms with Gasteiger partial charge in [0.15, 0.2) is 0 Å². The Bertz CT molecular complexity index is 462. The zero-order valence-corrected chi connectivity index (χ0v) is 11.8. The molecule has 0 heterocycles. The lowest BCUT2D eigenvalue weighted by Gasteiger charge is -2.32. The zero-order valence-electron chi connectivity index (χ0n) is 11.0. The Morgan fingerprint density at radius 3 is 2.50 bits per heavy atom. The summed E-state index contributed by atoms with van der Waals surface area (Å²) >= 11 is 0.215. The highest BCUT2D eigenvalue weighted by molar-refractivity contribution is 7.99. The van der Waals surface area contributed by atoms with Crippen molar-refractivity contribution in [3.8, 4) is 0 Å². The van der Waals surface area contributed by atoms with Crippen molar-refractivity contribution in [2.45, 2.75) is 36.8 Å². The fraction of sp³-hybridized carbons (Fsp3) is 0.727. The van der Waals surface area contributed by atoms with E-state index in [-0.39, 0.29) is 24.1 Å². The molecule has 0 spiro atoms. The Hall–Kier alpha value is -0.970. The van der Waals surface area contributed by atoms with E-state index in [0.717, 1.165) is 0 Å². The molecule has 0 aromatic rings. The van der Waals surface area contributed by atoms with Crippen molar-refractivity contribution in [3.05, 3.63) is 11.3 Å². The van der Waals surface area contributed by atoms with E-state index in [0.29, 0.717) is 0 Å². The van der Waals surface area contributed by atoms with Gasteiger partial charge in [-0.15, -0.1) is 0 Å². The SMILES string of the molecule is N/C(=C1\C(=NCCSC(F)F)CCC(F)(F)[C@H]1O)C(F)(F)F. The van der Waals surface area contributed by atoms with Crippen LogP contribution < -0.4 is 5.73 Å². The van der Waals surface area contributed by atoms with Gasteiger partial charge in [0.2, 0.25) is 0 Å². The molecule has 3 N–H and O–H groups in total. The highest BCUT2D eigenvalue weighted by atomic mass is 32.2. The number of thioether (sulfide) groups is 1. The topological polar surface area (TPSA) is 58.6 Å². The Kier molecular flexibility index (Phi) is 6.13. The lowest BCUT2D eigenvalue weighted by Crippen LogP contribution is -2.45. The van der Waals surface area contributed by atoms with E-state index in [1.165, 1.54) is 0 Å². The van der Waals surface area contributed by atoms with Crippen LogP contribution in [0, 0.1) is 0 Å². The maximum Gasteiger partial charge on any atom is 0.431 e. The summed E-state index contributed by atoms with van der Waals surface area (Å²) in [5, 5.41) is 9.45. The van der Waals surface area contributed by atoms with E-state index in [4.69, 9.17) is 5.73 Å². The molecule has 11 heteroatoms. The van der Waals surface area contributed by atoms with Gasteiger partial charge in [0.05, 0.1) is 0 Å². The lowest BCUT2D eigenvalue weighted by molar-refractivity contribution is -0.110. The number of allylic oxidation sites excluding steroid dienone is 1. The van der Waals surface area contributed by atoms with Gasteiger partial charge < -0.3 is 10.8 Å². The number of alkyl halides is 7. The van der Waals surface area contributed by atoms with Gasteiger partial charge in [-0.1, -0.05) is 11.8 Å². The molecule has 1 atom stereocenters. The van der Waals surface area contributed by atoms with Gasteiger partial charge in [0.1, 0.15) is 11.8 Å². The van der Waals surface area contributed by atoms with Crippen LogP contribution in [0.1, 0.15) is 12.8 Å². The molecule has 0 aromatic carbocycles. The summed E-state index contributed by atoms with van der Waals surface area (Å²) in [4.78, 5) is 3.62. The fourth-order valence-electron chi connectivity index (χ4n) is 1.87. The number of aliphatic hydroxyl groups excluding tert-OH is 1. The number of nitrogens with zero attached hydrogens (tertiary/aromatic N) is 1. The highest BCUT2D eigenvalue weighted by Crippen LogP contribution is 2.39. The van der Waals surface area contributed by atoms with E-state index in [9.17, 15) is 35.8 Å². The van der Waals surface area contributed by atoms with Crippen molar-refractivity contribution in [2.75, 3.05) is 12.3 Å². The Labute approximate surface area is 125 Å². The summed E-state index contributed by atoms with van der Waals surface area (Å²) in [5.41, 5.74) is 1.38. The van der Waals surface area contributed by atoms with Gasteiger partial charge in [-0.05, 0) is 6.42 Å². The standard InChI is InChI=1S/C11H13F7N2OS/c12-9(13)22-4-3-20-5-1-2-10(14,15)8(21)6(5)7(19)11(16,17)18/h8-9,21H,1-4,19H2/b7-6+,20-5?/t8-/m0/s1. The van der Waals surface area contributed by atoms with Gasteiger partial charge in [-0.3, -0.25) is 4.99 Å². The van der Waals surface area contributed by atoms with Crippen molar-refractivity contribution in [1.82, 2.24) is 0 Å². The van der Waals surface area contributed by atoms with Crippen LogP contribution in [0.5, 0.6) is 0 Å². The van der Waals surface area contributed by atoms with Crippen LogP contribution in [-0.4, -0.2) is 47.1 Å². The molecule has 0 aliphatic heterocycles. The third kappa shape index (κ3) is 4.77. The van der Waals surface area contributed by atoms with Crippen LogP contribution in [-0.2, 0) is 0 Å². The van der Waals surface area contributed by atoms with Crippen LogP contribution in [0.15, 0.2) is 16.3 Å². The molecule has 22 heavy (non-hydrogen) atoms. The largest absolute Gasteiger partial charge is 0.431 e. The number of hydrogen-bond acceptors (Lipinski definition) is 4. The van der Waals surface area contributed by atoms with Gasteiger partial charge in [-0.2, -0.15) is 22.0 Å². The summed E-state index contributed by atoms with van der Waals surface area (Å²) in [6.07, 6.45) is -9.27. The number of aliphatic hydroxyl groups is 1. The first kappa shape index (κ1) is 19.1. The molecule has 1 aliphatic rings. The maximum atomic E-state index is 13.4. The van der Waals surface area contributed by atoms with Crippen molar-refractivity contribution in [3.63, 3.8) is 0 Å². The minimum atomic E-state index is -5.11. The number of rotatable bonds is 4. The van der Waals surface area contributed by atoms with E-state index < -0.39 is 53.8 Å². The molecular formula is C11H13F7N2OS. The van der Waals surface area contributed by atoms with E-state index in [1.807, 2.05) is 0 Å². The van der Waals surface area contributed by atoms with Crippen LogP contribution >= 0.6 is 11.8 Å². The highest BCUT2D eigenvalue weighted by Gasteiger charge is 2.49. The minimum absolute atomic E-state index is 0.202. The smallest absolute Gasteiger partial charge is 0.394 e.